The molecule has 10 heteroatoms. The lowest BCUT2D eigenvalue weighted by Gasteiger charge is -2.13. The summed E-state index contributed by atoms with van der Waals surface area (Å²) in [6.45, 7) is 1.54. The van der Waals surface area contributed by atoms with Gasteiger partial charge in [-0.3, -0.25) is 14.9 Å². The van der Waals surface area contributed by atoms with Crippen LogP contribution in [0.1, 0.15) is 6.92 Å². The van der Waals surface area contributed by atoms with Crippen LogP contribution in [0.5, 0.6) is 0 Å². The molecule has 1 amide bonds. The van der Waals surface area contributed by atoms with Crippen molar-refractivity contribution in [3.63, 3.8) is 0 Å². The minimum atomic E-state index is -0.686. The molecule has 0 spiro atoms. The summed E-state index contributed by atoms with van der Waals surface area (Å²) in [6, 6.07) is -0.686. The van der Waals surface area contributed by atoms with Gasteiger partial charge >= 0.3 is 5.69 Å². The summed E-state index contributed by atoms with van der Waals surface area (Å²) in [5.41, 5.74) is 1.68. The van der Waals surface area contributed by atoms with E-state index >= 15 is 0 Å². The summed E-state index contributed by atoms with van der Waals surface area (Å²) in [4.78, 5) is 28.9. The Balaban J connectivity index is 3.09. The molecule has 0 aliphatic rings. The summed E-state index contributed by atoms with van der Waals surface area (Å²) in [6.07, 6.45) is 1.10. The van der Waals surface area contributed by atoms with E-state index in [1.54, 1.807) is 6.92 Å². The highest BCUT2D eigenvalue weighted by Crippen LogP contribution is 2.28. The van der Waals surface area contributed by atoms with E-state index in [4.69, 9.17) is 5.84 Å². The van der Waals surface area contributed by atoms with Crippen molar-refractivity contribution in [1.82, 2.24) is 15.3 Å². The second-order valence-electron chi connectivity index (χ2n) is 3.30. The largest absolute Gasteiger partial charge is 0.357 e. The van der Waals surface area contributed by atoms with E-state index in [1.807, 2.05) is 0 Å². The average molecular weight is 255 g/mol. The molecule has 0 aliphatic carbocycles. The van der Waals surface area contributed by atoms with E-state index in [1.165, 1.54) is 7.05 Å². The molecule has 0 fully saturated rings. The standard InChI is InChI=1S/C8H13N7O3/c1-4(8(16)10-2)13-6-5(15(17)18)7(14-9)12-3-11-6/h3-4H,9H2,1-2H3,(H,10,16)(H2,11,12,13,14). The van der Waals surface area contributed by atoms with Crippen LogP contribution in [0.4, 0.5) is 17.3 Å². The predicted octanol–water partition coefficient (Wildman–Crippen LogP) is -0.783. The Labute approximate surface area is 102 Å². The Morgan fingerprint density at radius 2 is 2.11 bits per heavy atom. The molecule has 18 heavy (non-hydrogen) atoms. The summed E-state index contributed by atoms with van der Waals surface area (Å²) in [5.74, 6) is 4.57. The third-order valence-electron chi connectivity index (χ3n) is 2.13. The van der Waals surface area contributed by atoms with E-state index in [9.17, 15) is 14.9 Å². The van der Waals surface area contributed by atoms with Gasteiger partial charge in [0.1, 0.15) is 12.4 Å². The number of likely N-dealkylation sites (N-methyl/N-ethyl adjacent to an activating group) is 1. The average Bonchev–Trinajstić information content (AvgIpc) is 2.36. The van der Waals surface area contributed by atoms with Gasteiger partial charge in [0.2, 0.25) is 17.5 Å². The maximum Gasteiger partial charge on any atom is 0.354 e. The van der Waals surface area contributed by atoms with Gasteiger partial charge in [-0.1, -0.05) is 0 Å². The van der Waals surface area contributed by atoms with Crippen molar-refractivity contribution in [2.45, 2.75) is 13.0 Å². The number of amides is 1. The second kappa shape index (κ2) is 5.72. The maximum atomic E-state index is 11.3. The van der Waals surface area contributed by atoms with Gasteiger partial charge < -0.3 is 16.1 Å². The van der Waals surface area contributed by atoms with E-state index in [2.05, 4.69) is 26.0 Å². The Kier molecular flexibility index (Phi) is 4.32. The number of nitrogens with two attached hydrogens (primary N) is 1. The van der Waals surface area contributed by atoms with Crippen molar-refractivity contribution in [3.8, 4) is 0 Å². The maximum absolute atomic E-state index is 11.3. The van der Waals surface area contributed by atoms with Gasteiger partial charge in [-0.2, -0.15) is 0 Å². The lowest BCUT2D eigenvalue weighted by Crippen LogP contribution is -2.35. The third-order valence-corrected chi connectivity index (χ3v) is 2.13. The molecule has 0 aliphatic heterocycles. The quantitative estimate of drug-likeness (QED) is 0.304. The molecule has 1 atom stereocenters. The van der Waals surface area contributed by atoms with Crippen LogP contribution in [0.25, 0.3) is 0 Å². The minimum Gasteiger partial charge on any atom is -0.357 e. The van der Waals surface area contributed by atoms with Gasteiger partial charge in [0, 0.05) is 7.05 Å². The summed E-state index contributed by atoms with van der Waals surface area (Å²) >= 11 is 0. The monoisotopic (exact) mass is 255 g/mol. The number of hydrogen-bond acceptors (Lipinski definition) is 8. The van der Waals surface area contributed by atoms with E-state index in [0.717, 1.165) is 6.33 Å². The first-order valence-corrected chi connectivity index (χ1v) is 4.95. The Bertz CT molecular complexity index is 464. The van der Waals surface area contributed by atoms with Gasteiger partial charge in [0.15, 0.2) is 0 Å². The number of nitrogens with one attached hydrogen (secondary N) is 3. The lowest BCUT2D eigenvalue weighted by atomic mass is 10.3. The molecule has 1 rings (SSSR count). The van der Waals surface area contributed by atoms with Crippen LogP contribution < -0.4 is 21.9 Å². The number of rotatable bonds is 5. The Morgan fingerprint density at radius 1 is 1.50 bits per heavy atom. The fourth-order valence-corrected chi connectivity index (χ4v) is 1.25. The predicted molar refractivity (Wildman–Crippen MR) is 63.6 cm³/mol. The van der Waals surface area contributed by atoms with Crippen molar-refractivity contribution in [3.05, 3.63) is 16.4 Å². The first-order chi connectivity index (χ1) is 8.51. The van der Waals surface area contributed by atoms with E-state index < -0.39 is 16.7 Å². The zero-order valence-electron chi connectivity index (χ0n) is 9.80. The number of carbonyl (C=O) groups excluding carboxylic acids is 1. The van der Waals surface area contributed by atoms with Gasteiger partial charge in [-0.15, -0.1) is 0 Å². The topological polar surface area (TPSA) is 148 Å². The van der Waals surface area contributed by atoms with Crippen molar-refractivity contribution in [1.29, 1.82) is 0 Å². The number of hydrogen-bond donors (Lipinski definition) is 4. The number of nitrogen functional groups attached to an aromatic ring is 1. The highest BCUT2D eigenvalue weighted by atomic mass is 16.6. The molecule has 0 bridgehead atoms. The van der Waals surface area contributed by atoms with Crippen molar-refractivity contribution in [2.75, 3.05) is 17.8 Å². The number of hydrazine groups is 1. The molecule has 0 aromatic carbocycles. The fraction of sp³-hybridized carbons (Fsp3) is 0.375. The lowest BCUT2D eigenvalue weighted by molar-refractivity contribution is -0.383. The first-order valence-electron chi connectivity index (χ1n) is 4.95. The summed E-state index contributed by atoms with van der Waals surface area (Å²) in [7, 11) is 1.46. The zero-order chi connectivity index (χ0) is 13.7. The van der Waals surface area contributed by atoms with Crippen LogP contribution in [-0.2, 0) is 4.79 Å². The molecule has 0 radical (unpaired) electrons. The fourth-order valence-electron chi connectivity index (χ4n) is 1.25. The van der Waals surface area contributed by atoms with Crippen LogP contribution in [0.2, 0.25) is 0 Å². The van der Waals surface area contributed by atoms with Crippen LogP contribution >= 0.6 is 0 Å². The molecular weight excluding hydrogens is 242 g/mol. The number of anilines is 2. The summed E-state index contributed by atoms with van der Waals surface area (Å²) in [5, 5.41) is 15.9. The molecule has 1 aromatic heterocycles. The number of nitrogens with zero attached hydrogens (tertiary/aromatic N) is 3. The Hall–Kier alpha value is -2.49. The Morgan fingerprint density at radius 3 is 2.61 bits per heavy atom. The smallest absolute Gasteiger partial charge is 0.354 e. The van der Waals surface area contributed by atoms with Crippen LogP contribution in [0, 0.1) is 10.1 Å². The van der Waals surface area contributed by atoms with Gasteiger partial charge in [-0.25, -0.2) is 15.8 Å². The molecule has 1 unspecified atom stereocenters. The highest BCUT2D eigenvalue weighted by molar-refractivity contribution is 5.84. The first kappa shape index (κ1) is 13.6. The van der Waals surface area contributed by atoms with Gasteiger partial charge in [0.05, 0.1) is 4.92 Å². The second-order valence-corrected chi connectivity index (χ2v) is 3.30. The molecule has 5 N–H and O–H groups in total. The van der Waals surface area contributed by atoms with Crippen LogP contribution in [-0.4, -0.2) is 33.9 Å². The van der Waals surface area contributed by atoms with Gasteiger partial charge in [-0.05, 0) is 6.92 Å². The van der Waals surface area contributed by atoms with Crippen molar-refractivity contribution >= 4 is 23.2 Å². The van der Waals surface area contributed by atoms with Gasteiger partial charge in [0.25, 0.3) is 0 Å². The minimum absolute atomic E-state index is 0.0842. The number of nitro groups is 1. The third kappa shape index (κ3) is 2.79. The van der Waals surface area contributed by atoms with Crippen LogP contribution in [0.15, 0.2) is 6.33 Å². The molecule has 10 nitrogen and oxygen atoms in total. The summed E-state index contributed by atoms with van der Waals surface area (Å²) < 4.78 is 0. The molecule has 0 saturated carbocycles. The normalized spacial score (nSPS) is 11.5. The number of carbonyl (C=O) groups is 1. The zero-order valence-corrected chi connectivity index (χ0v) is 9.80. The SMILES string of the molecule is CNC(=O)C(C)Nc1ncnc(NN)c1[N+](=O)[O-]. The van der Waals surface area contributed by atoms with Crippen molar-refractivity contribution in [2.24, 2.45) is 5.84 Å². The molecule has 0 saturated heterocycles. The molecule has 1 aromatic rings. The van der Waals surface area contributed by atoms with Crippen LogP contribution in [0.3, 0.4) is 0 Å². The van der Waals surface area contributed by atoms with E-state index in [-0.39, 0.29) is 17.5 Å². The number of aromatic nitrogens is 2. The highest BCUT2D eigenvalue weighted by Gasteiger charge is 2.24. The van der Waals surface area contributed by atoms with Crippen molar-refractivity contribution < 1.29 is 9.72 Å². The molecular formula is C8H13N7O3. The van der Waals surface area contributed by atoms with E-state index in [0.29, 0.717) is 0 Å². The molecule has 98 valence electrons. The molecule has 1 heterocycles.